The third-order valence-corrected chi connectivity index (χ3v) is 14.5. The number of likely N-dealkylation sites (N-methyl/N-ethyl adjacent to an activating group) is 2. The van der Waals surface area contributed by atoms with Crippen LogP contribution >= 0.6 is 0 Å². The average molecular weight is 924 g/mol. The standard InChI is InChI=1S/C56H73N7O5/c1-57-49(44-32-18-9-19-33-44)56(68)63-39-23-35-46(63)53(65)61-51(48(42-28-14-7-15-29-42)43-30-16-8-17-31-43)55(67)59-37-21-4-3-20-36-58-54(66)50(60-52(64)45-34-22-38-62(45)2)47(40-24-10-5-11-25-40)41-26-12-6-13-27-41/h5-8,10-17,24-31,44-51,57H,3-4,9,18-23,32-39H2,1-2H3,(H,58,66)(H,59,67)(H,60,64)(H,61,65). The van der Waals surface area contributed by atoms with E-state index in [-0.39, 0.29) is 53.5 Å². The second kappa shape index (κ2) is 25.5. The summed E-state index contributed by atoms with van der Waals surface area (Å²) in [5.41, 5.74) is 3.70. The first kappa shape index (κ1) is 50.0. The molecule has 0 aromatic heterocycles. The Kier molecular flexibility index (Phi) is 18.8. The molecule has 0 radical (unpaired) electrons. The molecule has 0 spiro atoms. The molecule has 3 aliphatic rings. The Balaban J connectivity index is 0.973. The van der Waals surface area contributed by atoms with Crippen LogP contribution in [0.1, 0.15) is 118 Å². The van der Waals surface area contributed by atoms with Gasteiger partial charge in [0.1, 0.15) is 18.1 Å². The summed E-state index contributed by atoms with van der Waals surface area (Å²) in [4.78, 5) is 74.7. The summed E-state index contributed by atoms with van der Waals surface area (Å²) in [5, 5.41) is 16.0. The molecule has 2 saturated heterocycles. The van der Waals surface area contributed by atoms with Crippen molar-refractivity contribution in [2.75, 3.05) is 40.3 Å². The maximum atomic E-state index is 14.5. The summed E-state index contributed by atoms with van der Waals surface area (Å²) in [6, 6.07) is 36.4. The number of hydrogen-bond donors (Lipinski definition) is 5. The topological polar surface area (TPSA) is 152 Å². The van der Waals surface area contributed by atoms with Crippen LogP contribution in [0.25, 0.3) is 0 Å². The van der Waals surface area contributed by atoms with Crippen molar-refractivity contribution in [2.45, 2.75) is 126 Å². The zero-order valence-electron chi connectivity index (χ0n) is 40.1. The van der Waals surface area contributed by atoms with Gasteiger partial charge in [-0.3, -0.25) is 28.9 Å². The molecule has 1 saturated carbocycles. The first-order valence-corrected chi connectivity index (χ1v) is 25.3. The molecule has 3 fully saturated rings. The second-order valence-electron chi connectivity index (χ2n) is 19.1. The van der Waals surface area contributed by atoms with E-state index in [4.69, 9.17) is 0 Å². The number of unbranched alkanes of at least 4 members (excludes halogenated alkanes) is 3. The summed E-state index contributed by atoms with van der Waals surface area (Å²) < 4.78 is 0. The molecule has 12 heteroatoms. The predicted octanol–water partition coefficient (Wildman–Crippen LogP) is 6.67. The smallest absolute Gasteiger partial charge is 0.243 e. The van der Waals surface area contributed by atoms with E-state index in [1.165, 1.54) is 6.42 Å². The highest BCUT2D eigenvalue weighted by molar-refractivity contribution is 5.94. The fraction of sp³-hybridized carbons (Fsp3) is 0.482. The fourth-order valence-corrected chi connectivity index (χ4v) is 10.9. The minimum absolute atomic E-state index is 0.0252. The van der Waals surface area contributed by atoms with Crippen LogP contribution in [0, 0.1) is 5.92 Å². The molecule has 4 aromatic rings. The van der Waals surface area contributed by atoms with Gasteiger partial charge in [-0.1, -0.05) is 153 Å². The highest BCUT2D eigenvalue weighted by Gasteiger charge is 2.42. The Morgan fingerprint density at radius 1 is 0.515 bits per heavy atom. The Morgan fingerprint density at radius 3 is 1.34 bits per heavy atom. The van der Waals surface area contributed by atoms with Crippen LogP contribution in [0.15, 0.2) is 121 Å². The highest BCUT2D eigenvalue weighted by Crippen LogP contribution is 2.32. The lowest BCUT2D eigenvalue weighted by atomic mass is 9.83. The van der Waals surface area contributed by atoms with Crippen molar-refractivity contribution in [3.05, 3.63) is 144 Å². The van der Waals surface area contributed by atoms with E-state index in [0.29, 0.717) is 32.5 Å². The third-order valence-electron chi connectivity index (χ3n) is 14.5. The van der Waals surface area contributed by atoms with Gasteiger partial charge in [-0.25, -0.2) is 0 Å². The van der Waals surface area contributed by atoms with Gasteiger partial charge in [0.2, 0.25) is 29.5 Å². The van der Waals surface area contributed by atoms with Crippen molar-refractivity contribution >= 4 is 29.5 Å². The SMILES string of the molecule is CNC(C(=O)N1CCCC1C(=O)NC(C(=O)NCCCCCCNC(=O)C(NC(=O)C1CCCN1C)C(c1ccccc1)c1ccccc1)C(c1ccccc1)c1ccccc1)C1CCCCC1. The molecule has 5 amide bonds. The van der Waals surface area contributed by atoms with Gasteiger partial charge in [0.25, 0.3) is 0 Å². The first-order valence-electron chi connectivity index (χ1n) is 25.3. The van der Waals surface area contributed by atoms with Crippen LogP contribution in [-0.2, 0) is 24.0 Å². The number of carbonyl (C=O) groups is 5. The van der Waals surface area contributed by atoms with Gasteiger partial charge >= 0.3 is 0 Å². The average Bonchev–Trinajstić information content (AvgIpc) is 4.06. The molecule has 7 rings (SSSR count). The Bertz CT molecular complexity index is 2130. The maximum absolute atomic E-state index is 14.5. The minimum Gasteiger partial charge on any atom is -0.354 e. The van der Waals surface area contributed by atoms with Gasteiger partial charge in [0.15, 0.2) is 0 Å². The van der Waals surface area contributed by atoms with E-state index < -0.39 is 24.0 Å². The molecule has 2 heterocycles. The number of hydrogen-bond acceptors (Lipinski definition) is 7. The van der Waals surface area contributed by atoms with E-state index in [1.54, 1.807) is 4.90 Å². The lowest BCUT2D eigenvalue weighted by molar-refractivity contribution is -0.142. The Hall–Kier alpha value is -5.85. The van der Waals surface area contributed by atoms with Crippen LogP contribution in [0.4, 0.5) is 0 Å². The van der Waals surface area contributed by atoms with E-state index in [9.17, 15) is 24.0 Å². The number of carbonyl (C=O) groups excluding carboxylic acids is 5. The second-order valence-corrected chi connectivity index (χ2v) is 19.1. The molecule has 5 unspecified atom stereocenters. The van der Waals surface area contributed by atoms with E-state index in [2.05, 4.69) is 31.5 Å². The van der Waals surface area contributed by atoms with Gasteiger partial charge in [-0.2, -0.15) is 0 Å². The number of likely N-dealkylation sites (tertiary alicyclic amines) is 2. The van der Waals surface area contributed by atoms with Crippen LogP contribution < -0.4 is 26.6 Å². The van der Waals surface area contributed by atoms with Crippen molar-refractivity contribution in [1.29, 1.82) is 0 Å². The number of benzene rings is 4. The minimum atomic E-state index is -0.934. The van der Waals surface area contributed by atoms with Gasteiger partial charge < -0.3 is 31.5 Å². The summed E-state index contributed by atoms with van der Waals surface area (Å²) >= 11 is 0. The third kappa shape index (κ3) is 13.0. The van der Waals surface area contributed by atoms with Crippen molar-refractivity contribution in [3.8, 4) is 0 Å². The largest absolute Gasteiger partial charge is 0.354 e. The van der Waals surface area contributed by atoms with Gasteiger partial charge in [0, 0.05) is 31.5 Å². The molecule has 68 heavy (non-hydrogen) atoms. The van der Waals surface area contributed by atoms with Gasteiger partial charge in [-0.05, 0) is 100 Å². The van der Waals surface area contributed by atoms with E-state index in [1.807, 2.05) is 135 Å². The zero-order valence-corrected chi connectivity index (χ0v) is 40.1. The van der Waals surface area contributed by atoms with E-state index >= 15 is 0 Å². The molecular formula is C56H73N7O5. The normalized spacial score (nSPS) is 19.0. The maximum Gasteiger partial charge on any atom is 0.243 e. The van der Waals surface area contributed by atoms with Crippen LogP contribution in [0.2, 0.25) is 0 Å². The molecule has 2 aliphatic heterocycles. The fourth-order valence-electron chi connectivity index (χ4n) is 10.9. The molecule has 12 nitrogen and oxygen atoms in total. The molecule has 4 aromatic carbocycles. The molecule has 5 atom stereocenters. The molecule has 1 aliphatic carbocycles. The predicted molar refractivity (Wildman–Crippen MR) is 268 cm³/mol. The summed E-state index contributed by atoms with van der Waals surface area (Å²) in [7, 11) is 3.80. The number of nitrogens with one attached hydrogen (secondary N) is 5. The molecular weight excluding hydrogens is 851 g/mol. The first-order chi connectivity index (χ1) is 33.2. The lowest BCUT2D eigenvalue weighted by Gasteiger charge is -2.35. The summed E-state index contributed by atoms with van der Waals surface area (Å²) in [6.45, 7) is 2.21. The van der Waals surface area contributed by atoms with Crippen molar-refractivity contribution in [3.63, 3.8) is 0 Å². The van der Waals surface area contributed by atoms with Crippen molar-refractivity contribution < 1.29 is 24.0 Å². The van der Waals surface area contributed by atoms with E-state index in [0.717, 1.165) is 93.0 Å². The van der Waals surface area contributed by atoms with Crippen LogP contribution in [0.5, 0.6) is 0 Å². The van der Waals surface area contributed by atoms with Gasteiger partial charge in [0.05, 0.1) is 12.1 Å². The van der Waals surface area contributed by atoms with Crippen LogP contribution in [-0.4, -0.2) is 110 Å². The quantitative estimate of drug-likeness (QED) is 0.0553. The highest BCUT2D eigenvalue weighted by atomic mass is 16.2. The number of nitrogens with zero attached hydrogens (tertiary/aromatic N) is 2. The summed E-state index contributed by atoms with van der Waals surface area (Å²) in [6.07, 6.45) is 11.4. The lowest BCUT2D eigenvalue weighted by Crippen LogP contribution is -2.58. The van der Waals surface area contributed by atoms with Crippen molar-refractivity contribution in [1.82, 2.24) is 36.4 Å². The van der Waals surface area contributed by atoms with Crippen molar-refractivity contribution in [2.24, 2.45) is 5.92 Å². The van der Waals surface area contributed by atoms with Gasteiger partial charge in [-0.15, -0.1) is 0 Å². The monoisotopic (exact) mass is 924 g/mol. The molecule has 5 N–H and O–H groups in total. The Morgan fingerprint density at radius 2 is 0.926 bits per heavy atom. The summed E-state index contributed by atoms with van der Waals surface area (Å²) in [5.74, 6) is -1.58. The zero-order chi connectivity index (χ0) is 47.7. The number of rotatable bonds is 22. The molecule has 0 bridgehead atoms. The number of amides is 5. The Labute approximate surface area is 403 Å². The van der Waals surface area contributed by atoms with Crippen LogP contribution in [0.3, 0.4) is 0 Å². The molecule has 362 valence electrons.